The first-order chi connectivity index (χ1) is 7.76. The molecule has 0 amide bonds. The van der Waals surface area contributed by atoms with Crippen LogP contribution in [0.5, 0.6) is 0 Å². The molecule has 0 bridgehead atoms. The molecule has 0 aliphatic rings. The smallest absolute Gasteiger partial charge is 0.167 e. The summed E-state index contributed by atoms with van der Waals surface area (Å²) < 4.78 is 4.87. The van der Waals surface area contributed by atoms with Gasteiger partial charge in [0.2, 0.25) is 0 Å². The maximum Gasteiger partial charge on any atom is 0.167 e. The van der Waals surface area contributed by atoms with Gasteiger partial charge in [-0.25, -0.2) is 0 Å². The highest BCUT2D eigenvalue weighted by Gasteiger charge is 2.02. The Balaban J connectivity index is 2.38. The summed E-state index contributed by atoms with van der Waals surface area (Å²) in [5, 5.41) is 0. The molecule has 0 aliphatic heterocycles. The van der Waals surface area contributed by atoms with Crippen molar-refractivity contribution in [2.24, 2.45) is 0 Å². The molecule has 1 aromatic carbocycles. The standard InChI is InChI=1S/C13H21O2P/c1-3-4-5-12-6-8-13(9-7-12)10-11-16(14)15-2/h6-9,14H,3-5,10-11H2,1-2H3. The quantitative estimate of drug-likeness (QED) is 0.739. The molecule has 90 valence electrons. The van der Waals surface area contributed by atoms with Gasteiger partial charge in [0.05, 0.1) is 0 Å². The van der Waals surface area contributed by atoms with E-state index in [0.29, 0.717) is 0 Å². The van der Waals surface area contributed by atoms with E-state index in [1.54, 1.807) is 7.11 Å². The van der Waals surface area contributed by atoms with E-state index in [4.69, 9.17) is 4.52 Å². The molecule has 0 saturated carbocycles. The molecule has 0 saturated heterocycles. The van der Waals surface area contributed by atoms with Gasteiger partial charge in [-0.1, -0.05) is 37.6 Å². The Morgan fingerprint density at radius 1 is 1.12 bits per heavy atom. The van der Waals surface area contributed by atoms with E-state index in [-0.39, 0.29) is 0 Å². The van der Waals surface area contributed by atoms with Crippen LogP contribution in [0.2, 0.25) is 0 Å². The second-order valence-electron chi connectivity index (χ2n) is 3.93. The minimum atomic E-state index is -1.22. The molecule has 1 rings (SSSR count). The van der Waals surface area contributed by atoms with Crippen molar-refractivity contribution in [3.8, 4) is 0 Å². The van der Waals surface area contributed by atoms with Crippen molar-refractivity contribution in [2.45, 2.75) is 32.6 Å². The molecule has 0 aliphatic carbocycles. The highest BCUT2D eigenvalue weighted by atomic mass is 31.2. The molecule has 0 spiro atoms. The molecule has 1 unspecified atom stereocenters. The van der Waals surface area contributed by atoms with Crippen LogP contribution in [0.15, 0.2) is 24.3 Å². The third-order valence-corrected chi connectivity index (χ3v) is 3.67. The van der Waals surface area contributed by atoms with Gasteiger partial charge in [-0.2, -0.15) is 0 Å². The van der Waals surface area contributed by atoms with Crippen molar-refractivity contribution in [1.29, 1.82) is 0 Å². The lowest BCUT2D eigenvalue weighted by atomic mass is 10.1. The summed E-state index contributed by atoms with van der Waals surface area (Å²) >= 11 is 0. The van der Waals surface area contributed by atoms with Crippen LogP contribution in [-0.2, 0) is 17.4 Å². The summed E-state index contributed by atoms with van der Waals surface area (Å²) in [6.45, 7) is 2.21. The largest absolute Gasteiger partial charge is 0.350 e. The van der Waals surface area contributed by atoms with E-state index in [0.717, 1.165) is 12.6 Å². The number of aryl methyl sites for hydroxylation is 2. The lowest BCUT2D eigenvalue weighted by Gasteiger charge is -2.07. The summed E-state index contributed by atoms with van der Waals surface area (Å²) in [5.74, 6) is 0. The Labute approximate surface area is 99.6 Å². The van der Waals surface area contributed by atoms with Gasteiger partial charge in [0.1, 0.15) is 0 Å². The summed E-state index contributed by atoms with van der Waals surface area (Å²) in [6.07, 6.45) is 5.28. The number of hydrogen-bond acceptors (Lipinski definition) is 2. The van der Waals surface area contributed by atoms with Crippen LogP contribution in [0.3, 0.4) is 0 Å². The molecule has 1 atom stereocenters. The summed E-state index contributed by atoms with van der Waals surface area (Å²) in [5.41, 5.74) is 2.68. The third kappa shape index (κ3) is 5.07. The summed E-state index contributed by atoms with van der Waals surface area (Å²) in [6, 6.07) is 8.70. The molecule has 2 nitrogen and oxygen atoms in total. The van der Waals surface area contributed by atoms with Crippen LogP contribution >= 0.6 is 8.38 Å². The molecule has 0 heterocycles. The van der Waals surface area contributed by atoms with Crippen molar-refractivity contribution in [3.05, 3.63) is 35.4 Å². The van der Waals surface area contributed by atoms with E-state index >= 15 is 0 Å². The molecule has 0 aromatic heterocycles. The Kier molecular flexibility index (Phi) is 6.63. The van der Waals surface area contributed by atoms with E-state index in [2.05, 4.69) is 31.2 Å². The van der Waals surface area contributed by atoms with Gasteiger partial charge < -0.3 is 9.42 Å². The first-order valence-electron chi connectivity index (χ1n) is 5.84. The van der Waals surface area contributed by atoms with Crippen LogP contribution in [-0.4, -0.2) is 18.2 Å². The van der Waals surface area contributed by atoms with Crippen LogP contribution in [0, 0.1) is 0 Å². The lowest BCUT2D eigenvalue weighted by molar-refractivity contribution is 0.390. The van der Waals surface area contributed by atoms with Gasteiger partial charge in [-0.15, -0.1) is 0 Å². The van der Waals surface area contributed by atoms with Crippen molar-refractivity contribution < 1.29 is 9.42 Å². The third-order valence-electron chi connectivity index (χ3n) is 2.64. The molecule has 1 aromatic rings. The topological polar surface area (TPSA) is 29.5 Å². The zero-order chi connectivity index (χ0) is 11.8. The highest BCUT2D eigenvalue weighted by Crippen LogP contribution is 2.30. The second kappa shape index (κ2) is 7.78. The predicted octanol–water partition coefficient (Wildman–Crippen LogP) is 3.52. The van der Waals surface area contributed by atoms with Crippen molar-refractivity contribution in [2.75, 3.05) is 13.3 Å². The maximum atomic E-state index is 9.33. The normalized spacial score (nSPS) is 12.7. The molecule has 1 N–H and O–H groups in total. The SMILES string of the molecule is CCCCc1ccc(CCP(O)OC)cc1. The Hall–Kier alpha value is -0.430. The molecule has 0 fully saturated rings. The van der Waals surface area contributed by atoms with Crippen LogP contribution < -0.4 is 0 Å². The van der Waals surface area contributed by atoms with E-state index < -0.39 is 8.38 Å². The Morgan fingerprint density at radius 3 is 2.19 bits per heavy atom. The highest BCUT2D eigenvalue weighted by molar-refractivity contribution is 7.46. The van der Waals surface area contributed by atoms with Gasteiger partial charge in [-0.05, 0) is 30.4 Å². The number of hydrogen-bond donors (Lipinski definition) is 1. The maximum absolute atomic E-state index is 9.33. The molecule has 3 heteroatoms. The van der Waals surface area contributed by atoms with Gasteiger partial charge in [0.25, 0.3) is 0 Å². The summed E-state index contributed by atoms with van der Waals surface area (Å²) in [7, 11) is 0.336. The lowest BCUT2D eigenvalue weighted by Crippen LogP contribution is -1.93. The van der Waals surface area contributed by atoms with Crippen LogP contribution in [0.25, 0.3) is 0 Å². The number of rotatable bonds is 7. The first kappa shape index (κ1) is 13.6. The van der Waals surface area contributed by atoms with Crippen molar-refractivity contribution in [3.63, 3.8) is 0 Å². The fourth-order valence-electron chi connectivity index (χ4n) is 1.57. The van der Waals surface area contributed by atoms with Gasteiger partial charge in [-0.3, -0.25) is 0 Å². The van der Waals surface area contributed by atoms with Gasteiger partial charge in [0.15, 0.2) is 8.38 Å². The minimum absolute atomic E-state index is 0.722. The van der Waals surface area contributed by atoms with E-state index in [1.807, 2.05) is 0 Å². The molecular formula is C13H21O2P. The van der Waals surface area contributed by atoms with E-state index in [1.165, 1.54) is 30.4 Å². The number of unbranched alkanes of at least 4 members (excludes halogenated alkanes) is 1. The van der Waals surface area contributed by atoms with E-state index in [9.17, 15) is 4.89 Å². The van der Waals surface area contributed by atoms with Crippen molar-refractivity contribution >= 4 is 8.38 Å². The van der Waals surface area contributed by atoms with Crippen LogP contribution in [0.1, 0.15) is 30.9 Å². The minimum Gasteiger partial charge on any atom is -0.350 e. The predicted molar refractivity (Wildman–Crippen MR) is 69.8 cm³/mol. The summed E-state index contributed by atoms with van der Waals surface area (Å²) in [4.78, 5) is 9.33. The van der Waals surface area contributed by atoms with Crippen molar-refractivity contribution in [1.82, 2.24) is 0 Å². The Morgan fingerprint density at radius 2 is 1.69 bits per heavy atom. The molecule has 0 radical (unpaired) electrons. The van der Waals surface area contributed by atoms with Crippen LogP contribution in [0.4, 0.5) is 0 Å². The number of benzene rings is 1. The zero-order valence-electron chi connectivity index (χ0n) is 10.1. The average molecular weight is 240 g/mol. The second-order valence-corrected chi connectivity index (χ2v) is 5.45. The fourth-order valence-corrected chi connectivity index (χ4v) is 2.20. The van der Waals surface area contributed by atoms with Gasteiger partial charge >= 0.3 is 0 Å². The molecular weight excluding hydrogens is 219 g/mol. The zero-order valence-corrected chi connectivity index (χ0v) is 11.0. The fraction of sp³-hybridized carbons (Fsp3) is 0.538. The molecule has 16 heavy (non-hydrogen) atoms. The first-order valence-corrected chi connectivity index (χ1v) is 7.24. The van der Waals surface area contributed by atoms with Gasteiger partial charge in [0, 0.05) is 13.3 Å². The Bertz CT molecular complexity index is 284. The average Bonchev–Trinajstić information content (AvgIpc) is 2.34. The monoisotopic (exact) mass is 240 g/mol.